The minimum atomic E-state index is -2.60. The monoisotopic (exact) mass is 365 g/mol. The van der Waals surface area contributed by atoms with E-state index >= 15 is 0 Å². The zero-order valence-corrected chi connectivity index (χ0v) is 14.8. The van der Waals surface area contributed by atoms with Crippen molar-refractivity contribution in [2.24, 2.45) is 5.92 Å². The average molecular weight is 365 g/mol. The molecule has 0 unspecified atom stereocenters. The van der Waals surface area contributed by atoms with Gasteiger partial charge in [-0.2, -0.15) is 0 Å². The molecule has 2 aliphatic heterocycles. The summed E-state index contributed by atoms with van der Waals surface area (Å²) in [5.41, 5.74) is 2.19. The third kappa shape index (κ3) is 3.34. The van der Waals surface area contributed by atoms with Crippen molar-refractivity contribution in [1.29, 1.82) is 0 Å². The molecule has 0 aliphatic carbocycles. The fourth-order valence-electron chi connectivity index (χ4n) is 3.79. The van der Waals surface area contributed by atoms with Gasteiger partial charge in [0.05, 0.1) is 15.9 Å². The predicted octanol–water partition coefficient (Wildman–Crippen LogP) is 3.77. The number of aromatic nitrogens is 1. The zero-order valence-electron chi connectivity index (χ0n) is 14.0. The van der Waals surface area contributed by atoms with Crippen LogP contribution in [0.25, 0.3) is 10.2 Å². The number of fused-ring (bicyclic) bond motifs is 1. The van der Waals surface area contributed by atoms with E-state index in [9.17, 15) is 13.6 Å². The van der Waals surface area contributed by atoms with Crippen molar-refractivity contribution in [2.75, 3.05) is 31.1 Å². The molecule has 1 amide bonds. The number of pyridine rings is 1. The molecule has 4 rings (SSSR count). The highest BCUT2D eigenvalue weighted by atomic mass is 32.1. The summed E-state index contributed by atoms with van der Waals surface area (Å²) in [5, 5.41) is 2.05. The highest BCUT2D eigenvalue weighted by Gasteiger charge is 2.37. The third-order valence-electron chi connectivity index (χ3n) is 5.31. The lowest BCUT2D eigenvalue weighted by atomic mass is 9.93. The molecule has 0 saturated carbocycles. The van der Waals surface area contributed by atoms with Crippen LogP contribution in [0.3, 0.4) is 0 Å². The Bertz CT molecular complexity index is 761. The van der Waals surface area contributed by atoms with E-state index < -0.39 is 5.92 Å². The van der Waals surface area contributed by atoms with Crippen LogP contribution in [0, 0.1) is 5.92 Å². The average Bonchev–Trinajstić information content (AvgIpc) is 3.10. The van der Waals surface area contributed by atoms with Gasteiger partial charge in [0.25, 0.3) is 5.92 Å². The SMILES string of the molecule is O=C(C1CCN(c2ccnc3ccsc23)CC1)N1CCC(F)(F)CC1. The summed E-state index contributed by atoms with van der Waals surface area (Å²) in [5.74, 6) is -2.58. The van der Waals surface area contributed by atoms with Crippen molar-refractivity contribution in [1.82, 2.24) is 9.88 Å². The molecule has 2 aromatic heterocycles. The highest BCUT2D eigenvalue weighted by Crippen LogP contribution is 2.34. The summed E-state index contributed by atoms with van der Waals surface area (Å²) in [6.07, 6.45) is 2.98. The lowest BCUT2D eigenvalue weighted by molar-refractivity contribution is -0.142. The van der Waals surface area contributed by atoms with Crippen molar-refractivity contribution in [3.63, 3.8) is 0 Å². The maximum absolute atomic E-state index is 13.3. The molecule has 2 saturated heterocycles. The first-order chi connectivity index (χ1) is 12.0. The van der Waals surface area contributed by atoms with E-state index in [1.165, 1.54) is 10.4 Å². The number of halogens is 2. The fraction of sp³-hybridized carbons (Fsp3) is 0.556. The number of amides is 1. The van der Waals surface area contributed by atoms with Gasteiger partial charge in [0.15, 0.2) is 0 Å². The quantitative estimate of drug-likeness (QED) is 0.813. The van der Waals surface area contributed by atoms with E-state index in [-0.39, 0.29) is 37.8 Å². The van der Waals surface area contributed by atoms with Crippen molar-refractivity contribution >= 4 is 33.1 Å². The van der Waals surface area contributed by atoms with E-state index in [0.717, 1.165) is 31.4 Å². The topological polar surface area (TPSA) is 36.4 Å². The Morgan fingerprint density at radius 3 is 2.60 bits per heavy atom. The number of carbonyl (C=O) groups excluding carboxylic acids is 1. The fourth-order valence-corrected chi connectivity index (χ4v) is 4.68. The van der Waals surface area contributed by atoms with Crippen molar-refractivity contribution < 1.29 is 13.6 Å². The lowest BCUT2D eigenvalue weighted by Gasteiger charge is -2.38. The molecule has 25 heavy (non-hydrogen) atoms. The van der Waals surface area contributed by atoms with Crippen molar-refractivity contribution in [2.45, 2.75) is 31.6 Å². The van der Waals surface area contributed by atoms with Crippen molar-refractivity contribution in [3.05, 3.63) is 23.7 Å². The molecule has 0 bridgehead atoms. The van der Waals surface area contributed by atoms with Gasteiger partial charge in [-0.1, -0.05) is 0 Å². The van der Waals surface area contributed by atoms with Crippen LogP contribution in [0.5, 0.6) is 0 Å². The summed E-state index contributed by atoms with van der Waals surface area (Å²) >= 11 is 1.69. The minimum Gasteiger partial charge on any atom is -0.370 e. The number of piperidine rings is 2. The van der Waals surface area contributed by atoms with Gasteiger partial charge in [0.1, 0.15) is 0 Å². The molecule has 0 atom stereocenters. The van der Waals surface area contributed by atoms with Crippen LogP contribution in [0.15, 0.2) is 23.7 Å². The summed E-state index contributed by atoms with van der Waals surface area (Å²) in [6.45, 7) is 2.01. The molecule has 2 aliphatic rings. The Morgan fingerprint density at radius 2 is 1.88 bits per heavy atom. The van der Waals surface area contributed by atoms with Crippen LogP contribution in [0.2, 0.25) is 0 Å². The summed E-state index contributed by atoms with van der Waals surface area (Å²) < 4.78 is 27.7. The number of nitrogens with zero attached hydrogens (tertiary/aromatic N) is 3. The first-order valence-corrected chi connectivity index (χ1v) is 9.65. The number of alkyl halides is 2. The highest BCUT2D eigenvalue weighted by molar-refractivity contribution is 7.17. The maximum Gasteiger partial charge on any atom is 0.251 e. The third-order valence-corrected chi connectivity index (χ3v) is 6.24. The van der Waals surface area contributed by atoms with E-state index in [0.29, 0.717) is 0 Å². The molecule has 2 aromatic rings. The Kier molecular flexibility index (Phi) is 4.35. The number of likely N-dealkylation sites (tertiary alicyclic amines) is 1. The normalized spacial score (nSPS) is 21.7. The number of thiophene rings is 1. The largest absolute Gasteiger partial charge is 0.370 e. The molecular formula is C18H21F2N3OS. The number of carbonyl (C=O) groups is 1. The standard InChI is InChI=1S/C18H21F2N3OS/c19-18(20)5-10-23(11-6-18)17(24)13-2-8-22(9-3-13)15-1-7-21-14-4-12-25-16(14)15/h1,4,7,12-13H,2-3,5-6,8-11H2. The zero-order chi connectivity index (χ0) is 17.4. The van der Waals surface area contributed by atoms with Gasteiger partial charge in [0.2, 0.25) is 5.91 Å². The van der Waals surface area contributed by atoms with Gasteiger partial charge in [-0.15, -0.1) is 11.3 Å². The van der Waals surface area contributed by atoms with E-state index in [1.807, 2.05) is 23.7 Å². The van der Waals surface area contributed by atoms with Gasteiger partial charge in [-0.25, -0.2) is 8.78 Å². The molecule has 4 heterocycles. The lowest BCUT2D eigenvalue weighted by Crippen LogP contribution is -2.47. The van der Waals surface area contributed by atoms with Crippen LogP contribution < -0.4 is 4.90 Å². The smallest absolute Gasteiger partial charge is 0.251 e. The number of hydrogen-bond acceptors (Lipinski definition) is 4. The first kappa shape index (κ1) is 16.7. The predicted molar refractivity (Wildman–Crippen MR) is 95.3 cm³/mol. The minimum absolute atomic E-state index is 0.0383. The van der Waals surface area contributed by atoms with Gasteiger partial charge in [-0.05, 0) is 30.4 Å². The molecule has 0 spiro atoms. The summed E-state index contributed by atoms with van der Waals surface area (Å²) in [4.78, 5) is 21.0. The van der Waals surface area contributed by atoms with Crippen molar-refractivity contribution in [3.8, 4) is 0 Å². The van der Waals surface area contributed by atoms with Crippen LogP contribution in [0.4, 0.5) is 14.5 Å². The summed E-state index contributed by atoms with van der Waals surface area (Å²) in [6, 6.07) is 4.06. The molecule has 2 fully saturated rings. The second kappa shape index (κ2) is 6.52. The van der Waals surface area contributed by atoms with Gasteiger partial charge < -0.3 is 9.80 Å². The van der Waals surface area contributed by atoms with Gasteiger partial charge in [-0.3, -0.25) is 9.78 Å². The Hall–Kier alpha value is -1.76. The van der Waals surface area contributed by atoms with Crippen LogP contribution >= 0.6 is 11.3 Å². The molecule has 7 heteroatoms. The molecule has 134 valence electrons. The number of rotatable bonds is 2. The van der Waals surface area contributed by atoms with E-state index in [4.69, 9.17) is 0 Å². The summed E-state index contributed by atoms with van der Waals surface area (Å²) in [7, 11) is 0. The first-order valence-electron chi connectivity index (χ1n) is 8.77. The molecule has 0 radical (unpaired) electrons. The van der Waals surface area contributed by atoms with Crippen LogP contribution in [-0.4, -0.2) is 47.9 Å². The molecular weight excluding hydrogens is 344 g/mol. The number of anilines is 1. The molecule has 0 aromatic carbocycles. The van der Waals surface area contributed by atoms with Crippen LogP contribution in [-0.2, 0) is 4.79 Å². The molecule has 4 nitrogen and oxygen atoms in total. The second-order valence-corrected chi connectivity index (χ2v) is 7.82. The van der Waals surface area contributed by atoms with Gasteiger partial charge >= 0.3 is 0 Å². The van der Waals surface area contributed by atoms with E-state index in [1.54, 1.807) is 16.2 Å². The number of hydrogen-bond donors (Lipinski definition) is 0. The van der Waals surface area contributed by atoms with Crippen LogP contribution in [0.1, 0.15) is 25.7 Å². The van der Waals surface area contributed by atoms with E-state index in [2.05, 4.69) is 9.88 Å². The maximum atomic E-state index is 13.3. The Labute approximate surface area is 149 Å². The second-order valence-electron chi connectivity index (χ2n) is 6.91. The Balaban J connectivity index is 1.38. The Morgan fingerprint density at radius 1 is 1.16 bits per heavy atom. The molecule has 0 N–H and O–H groups in total. The van der Waals surface area contributed by atoms with Gasteiger partial charge in [0, 0.05) is 51.1 Å².